The minimum absolute atomic E-state index is 0.0448. The molecule has 0 bridgehead atoms. The maximum atomic E-state index is 12.9. The molecule has 0 spiro atoms. The van der Waals surface area contributed by atoms with Gasteiger partial charge >= 0.3 is 5.97 Å². The average molecular weight is 410 g/mol. The average Bonchev–Trinajstić information content (AvgIpc) is 2.76. The van der Waals surface area contributed by atoms with Crippen LogP contribution in [0.4, 0.5) is 0 Å². The Kier molecular flexibility index (Phi) is 8.17. The van der Waals surface area contributed by atoms with Crippen LogP contribution in [0.15, 0.2) is 60.3 Å². The highest BCUT2D eigenvalue weighted by atomic mass is 16.5. The standard InChI is InChI=1S/C23H26N2O5/c1-4-15(2)20(23(28)29)25-22(27)19(14-16-8-6-5-7-9-16)24-21(26)17-10-12-18(30-3)13-11-17/h5-15,20H,4H2,1-3H3,(H,24,26)(H,25,27)(H,28,29)/b19-14+/t15-,20+/m1/s1. The Balaban J connectivity index is 2.30. The predicted octanol–water partition coefficient (Wildman–Crippen LogP) is 3.08. The summed E-state index contributed by atoms with van der Waals surface area (Å²) < 4.78 is 5.08. The summed E-state index contributed by atoms with van der Waals surface area (Å²) in [6.45, 7) is 3.59. The van der Waals surface area contributed by atoms with E-state index < -0.39 is 23.8 Å². The minimum Gasteiger partial charge on any atom is -0.497 e. The summed E-state index contributed by atoms with van der Waals surface area (Å²) in [5.41, 5.74) is 0.976. The van der Waals surface area contributed by atoms with Gasteiger partial charge in [0.2, 0.25) is 0 Å². The van der Waals surface area contributed by atoms with Gasteiger partial charge in [-0.1, -0.05) is 50.6 Å². The van der Waals surface area contributed by atoms with E-state index in [0.29, 0.717) is 23.3 Å². The van der Waals surface area contributed by atoms with Gasteiger partial charge in [-0.05, 0) is 41.8 Å². The number of hydrogen-bond acceptors (Lipinski definition) is 4. The lowest BCUT2D eigenvalue weighted by molar-refractivity contribution is -0.142. The van der Waals surface area contributed by atoms with Crippen molar-refractivity contribution in [2.45, 2.75) is 26.3 Å². The first kappa shape index (κ1) is 22.7. The zero-order chi connectivity index (χ0) is 22.1. The number of carboxylic acids is 1. The zero-order valence-corrected chi connectivity index (χ0v) is 17.2. The highest BCUT2D eigenvalue weighted by Gasteiger charge is 2.27. The lowest BCUT2D eigenvalue weighted by Crippen LogP contribution is -2.47. The van der Waals surface area contributed by atoms with E-state index in [1.807, 2.05) is 13.0 Å². The number of nitrogens with one attached hydrogen (secondary N) is 2. The summed E-state index contributed by atoms with van der Waals surface area (Å²) in [6, 6.07) is 14.3. The van der Waals surface area contributed by atoms with Crippen molar-refractivity contribution < 1.29 is 24.2 Å². The topological polar surface area (TPSA) is 105 Å². The van der Waals surface area contributed by atoms with Crippen molar-refractivity contribution in [2.24, 2.45) is 5.92 Å². The van der Waals surface area contributed by atoms with E-state index in [4.69, 9.17) is 4.74 Å². The van der Waals surface area contributed by atoms with Crippen LogP contribution in [0, 0.1) is 5.92 Å². The maximum absolute atomic E-state index is 12.9. The van der Waals surface area contributed by atoms with E-state index in [1.165, 1.54) is 13.2 Å². The van der Waals surface area contributed by atoms with Gasteiger partial charge in [-0.2, -0.15) is 0 Å². The maximum Gasteiger partial charge on any atom is 0.326 e. The fourth-order valence-electron chi connectivity index (χ4n) is 2.71. The zero-order valence-electron chi connectivity index (χ0n) is 17.2. The fraction of sp³-hybridized carbons (Fsp3) is 0.261. The summed E-state index contributed by atoms with van der Waals surface area (Å²) in [5, 5.41) is 14.6. The molecule has 0 saturated heterocycles. The van der Waals surface area contributed by atoms with Crippen LogP contribution in [-0.2, 0) is 9.59 Å². The van der Waals surface area contributed by atoms with Gasteiger partial charge in [0.15, 0.2) is 0 Å². The van der Waals surface area contributed by atoms with Crippen molar-refractivity contribution in [3.05, 3.63) is 71.4 Å². The van der Waals surface area contributed by atoms with E-state index >= 15 is 0 Å². The Hall–Kier alpha value is -3.61. The molecular formula is C23H26N2O5. The first-order chi connectivity index (χ1) is 14.3. The van der Waals surface area contributed by atoms with Gasteiger partial charge in [0.25, 0.3) is 11.8 Å². The van der Waals surface area contributed by atoms with Crippen LogP contribution in [-0.4, -0.2) is 36.0 Å². The number of benzene rings is 2. The summed E-state index contributed by atoms with van der Waals surface area (Å²) in [6.07, 6.45) is 2.08. The second kappa shape index (κ2) is 10.8. The molecule has 158 valence electrons. The molecule has 3 N–H and O–H groups in total. The Morgan fingerprint density at radius 3 is 2.23 bits per heavy atom. The third-order valence-electron chi connectivity index (χ3n) is 4.72. The molecule has 2 aromatic carbocycles. The molecule has 0 fully saturated rings. The second-order valence-electron chi connectivity index (χ2n) is 6.83. The fourth-order valence-corrected chi connectivity index (χ4v) is 2.71. The lowest BCUT2D eigenvalue weighted by Gasteiger charge is -2.21. The van der Waals surface area contributed by atoms with Crippen LogP contribution >= 0.6 is 0 Å². The number of aliphatic carboxylic acids is 1. The number of hydrogen-bond donors (Lipinski definition) is 3. The number of carbonyl (C=O) groups is 3. The van der Waals surface area contributed by atoms with Crippen LogP contribution < -0.4 is 15.4 Å². The third kappa shape index (κ3) is 6.20. The second-order valence-corrected chi connectivity index (χ2v) is 6.83. The quantitative estimate of drug-likeness (QED) is 0.551. The number of methoxy groups -OCH3 is 1. The molecule has 0 radical (unpaired) electrons. The van der Waals surface area contributed by atoms with Crippen molar-refractivity contribution in [1.29, 1.82) is 0 Å². The predicted molar refractivity (Wildman–Crippen MR) is 114 cm³/mol. The number of rotatable bonds is 9. The highest BCUT2D eigenvalue weighted by Crippen LogP contribution is 2.13. The largest absolute Gasteiger partial charge is 0.497 e. The lowest BCUT2D eigenvalue weighted by atomic mass is 9.99. The van der Waals surface area contributed by atoms with Gasteiger partial charge in [-0.15, -0.1) is 0 Å². The van der Waals surface area contributed by atoms with Gasteiger partial charge in [0, 0.05) is 5.56 Å². The normalized spacial score (nSPS) is 13.1. The van der Waals surface area contributed by atoms with Crippen LogP contribution in [0.5, 0.6) is 5.75 Å². The molecule has 0 saturated carbocycles. The molecule has 2 aromatic rings. The molecule has 0 unspecified atom stereocenters. The van der Waals surface area contributed by atoms with Crippen molar-refractivity contribution in [2.75, 3.05) is 7.11 Å². The monoisotopic (exact) mass is 410 g/mol. The minimum atomic E-state index is -1.13. The Morgan fingerprint density at radius 2 is 1.70 bits per heavy atom. The molecular weight excluding hydrogens is 384 g/mol. The van der Waals surface area contributed by atoms with Crippen LogP contribution in [0.1, 0.15) is 36.2 Å². The van der Waals surface area contributed by atoms with Gasteiger partial charge in [0.1, 0.15) is 17.5 Å². The Labute approximate surface area is 175 Å². The molecule has 0 aliphatic carbocycles. The molecule has 0 aromatic heterocycles. The van der Waals surface area contributed by atoms with E-state index in [0.717, 1.165) is 0 Å². The highest BCUT2D eigenvalue weighted by molar-refractivity contribution is 6.06. The van der Waals surface area contributed by atoms with Gasteiger partial charge < -0.3 is 20.5 Å². The summed E-state index contributed by atoms with van der Waals surface area (Å²) >= 11 is 0. The molecule has 0 aliphatic rings. The summed E-state index contributed by atoms with van der Waals surface area (Å²) in [7, 11) is 1.52. The smallest absolute Gasteiger partial charge is 0.326 e. The molecule has 2 rings (SSSR count). The summed E-state index contributed by atoms with van der Waals surface area (Å²) in [5.74, 6) is -1.97. The number of carboxylic acid groups (broad SMARTS) is 1. The molecule has 2 atom stereocenters. The summed E-state index contributed by atoms with van der Waals surface area (Å²) in [4.78, 5) is 37.1. The van der Waals surface area contributed by atoms with Crippen LogP contribution in [0.25, 0.3) is 6.08 Å². The number of amides is 2. The van der Waals surface area contributed by atoms with Gasteiger partial charge in [-0.3, -0.25) is 9.59 Å². The molecule has 0 heterocycles. The van der Waals surface area contributed by atoms with Crippen molar-refractivity contribution >= 4 is 23.9 Å². The molecule has 7 heteroatoms. The van der Waals surface area contributed by atoms with Gasteiger partial charge in [0.05, 0.1) is 7.11 Å². The van der Waals surface area contributed by atoms with Crippen LogP contribution in [0.2, 0.25) is 0 Å². The van der Waals surface area contributed by atoms with Crippen molar-refractivity contribution in [1.82, 2.24) is 10.6 Å². The first-order valence-electron chi connectivity index (χ1n) is 9.61. The van der Waals surface area contributed by atoms with Crippen molar-refractivity contribution in [3.8, 4) is 5.75 Å². The van der Waals surface area contributed by atoms with Crippen LogP contribution in [0.3, 0.4) is 0 Å². The van der Waals surface area contributed by atoms with E-state index in [2.05, 4.69) is 10.6 Å². The Morgan fingerprint density at radius 1 is 1.07 bits per heavy atom. The molecule has 7 nitrogen and oxygen atoms in total. The van der Waals surface area contributed by atoms with Crippen molar-refractivity contribution in [3.63, 3.8) is 0 Å². The Bertz CT molecular complexity index is 907. The van der Waals surface area contributed by atoms with Gasteiger partial charge in [-0.25, -0.2) is 4.79 Å². The molecule has 2 amide bonds. The van der Waals surface area contributed by atoms with E-state index in [1.54, 1.807) is 55.5 Å². The number of ether oxygens (including phenoxy) is 1. The SMILES string of the molecule is CC[C@@H](C)[C@H](NC(=O)/C(=C\c1ccccc1)NC(=O)c1ccc(OC)cc1)C(=O)O. The first-order valence-corrected chi connectivity index (χ1v) is 9.61. The molecule has 0 aliphatic heterocycles. The van der Waals surface area contributed by atoms with E-state index in [-0.39, 0.29) is 11.6 Å². The number of carbonyl (C=O) groups excluding carboxylic acids is 2. The molecule has 30 heavy (non-hydrogen) atoms. The third-order valence-corrected chi connectivity index (χ3v) is 4.72. The van der Waals surface area contributed by atoms with E-state index in [9.17, 15) is 19.5 Å².